The minimum Gasteiger partial charge on any atom is -0.474 e. The first kappa shape index (κ1) is 23.5. The van der Waals surface area contributed by atoms with E-state index >= 15 is 0 Å². The van der Waals surface area contributed by atoms with Gasteiger partial charge in [-0.05, 0) is 40.2 Å². The van der Waals surface area contributed by atoms with Crippen molar-refractivity contribution >= 4 is 60.6 Å². The standard InChI is InChI=1S/C20H16Br2N4O6/c1-3-17-24-15-5-4-12(21)8-13(15)20(28)25(17)23-9-11-6-14(22)19(16(7-11)26(29)30)32-10-18(27)31-2/h4-9H,3,10H2,1-2H3. The van der Waals surface area contributed by atoms with Crippen molar-refractivity contribution in [3.63, 3.8) is 0 Å². The second kappa shape index (κ2) is 10.0. The van der Waals surface area contributed by atoms with Gasteiger partial charge in [-0.2, -0.15) is 9.78 Å². The van der Waals surface area contributed by atoms with Crippen molar-refractivity contribution in [2.24, 2.45) is 5.10 Å². The number of nitrogens with zero attached hydrogens (tertiary/aromatic N) is 4. The quantitative estimate of drug-likeness (QED) is 0.184. The number of rotatable bonds is 7. The van der Waals surface area contributed by atoms with Crippen molar-refractivity contribution in [3.05, 3.63) is 71.1 Å². The van der Waals surface area contributed by atoms with Gasteiger partial charge in [0.15, 0.2) is 6.61 Å². The normalized spacial score (nSPS) is 11.1. The summed E-state index contributed by atoms with van der Waals surface area (Å²) in [6, 6.07) is 7.93. The highest BCUT2D eigenvalue weighted by atomic mass is 79.9. The highest BCUT2D eigenvalue weighted by Gasteiger charge is 2.21. The molecule has 0 atom stereocenters. The summed E-state index contributed by atoms with van der Waals surface area (Å²) in [5, 5.41) is 16.1. The zero-order chi connectivity index (χ0) is 23.4. The lowest BCUT2D eigenvalue weighted by atomic mass is 10.2. The monoisotopic (exact) mass is 566 g/mol. The number of methoxy groups -OCH3 is 1. The SMILES string of the molecule is CCc1nc2ccc(Br)cc2c(=O)n1N=Cc1cc(Br)c(OCC(=O)OC)c([N+](=O)[O-])c1. The fourth-order valence-corrected chi connectivity index (χ4v) is 3.75. The summed E-state index contributed by atoms with van der Waals surface area (Å²) in [7, 11) is 1.18. The highest BCUT2D eigenvalue weighted by Crippen LogP contribution is 2.36. The third-order valence-corrected chi connectivity index (χ3v) is 5.40. The molecule has 0 N–H and O–H groups in total. The number of nitro groups is 1. The summed E-state index contributed by atoms with van der Waals surface area (Å²) in [5.74, 6) is -0.368. The predicted octanol–water partition coefficient (Wildman–Crippen LogP) is 3.83. The molecule has 3 aromatic rings. The molecule has 3 rings (SSSR count). The average Bonchev–Trinajstić information content (AvgIpc) is 2.77. The van der Waals surface area contributed by atoms with E-state index in [9.17, 15) is 19.7 Å². The Labute approximate surface area is 198 Å². The number of ether oxygens (including phenoxy) is 2. The summed E-state index contributed by atoms with van der Waals surface area (Å²) in [6.07, 6.45) is 1.76. The summed E-state index contributed by atoms with van der Waals surface area (Å²) in [6.45, 7) is 1.35. The lowest BCUT2D eigenvalue weighted by Gasteiger charge is -2.09. The van der Waals surface area contributed by atoms with Gasteiger partial charge in [0.05, 0.1) is 33.6 Å². The second-order valence-electron chi connectivity index (χ2n) is 6.38. The number of fused-ring (bicyclic) bond motifs is 1. The molecule has 0 amide bonds. The third-order valence-electron chi connectivity index (χ3n) is 4.32. The predicted molar refractivity (Wildman–Crippen MR) is 124 cm³/mol. The number of aromatic nitrogens is 2. The van der Waals surface area contributed by atoms with Gasteiger partial charge in [0.2, 0.25) is 5.75 Å². The Hall–Kier alpha value is -3.12. The molecular weight excluding hydrogens is 552 g/mol. The van der Waals surface area contributed by atoms with Gasteiger partial charge in [0, 0.05) is 22.5 Å². The van der Waals surface area contributed by atoms with Crippen LogP contribution >= 0.6 is 31.9 Å². The van der Waals surface area contributed by atoms with Gasteiger partial charge < -0.3 is 9.47 Å². The van der Waals surface area contributed by atoms with E-state index in [4.69, 9.17) is 4.74 Å². The van der Waals surface area contributed by atoms with E-state index in [1.165, 1.54) is 25.5 Å². The number of benzene rings is 2. The molecule has 32 heavy (non-hydrogen) atoms. The third kappa shape index (κ3) is 5.02. The molecule has 0 fully saturated rings. The van der Waals surface area contributed by atoms with Gasteiger partial charge in [-0.15, -0.1) is 0 Å². The Morgan fingerprint density at radius 3 is 2.72 bits per heavy atom. The second-order valence-corrected chi connectivity index (χ2v) is 8.15. The topological polar surface area (TPSA) is 126 Å². The summed E-state index contributed by atoms with van der Waals surface area (Å²) in [5.41, 5.74) is 0.133. The van der Waals surface area contributed by atoms with E-state index in [0.29, 0.717) is 28.7 Å². The molecule has 0 radical (unpaired) electrons. The molecule has 0 spiro atoms. The van der Waals surface area contributed by atoms with Gasteiger partial charge >= 0.3 is 11.7 Å². The van der Waals surface area contributed by atoms with Crippen molar-refractivity contribution in [1.82, 2.24) is 9.66 Å². The minimum absolute atomic E-state index is 0.124. The average molecular weight is 568 g/mol. The van der Waals surface area contributed by atoms with Gasteiger partial charge in [-0.3, -0.25) is 14.9 Å². The number of hydrogen-bond donors (Lipinski definition) is 0. The number of esters is 1. The van der Waals surface area contributed by atoms with Crippen molar-refractivity contribution in [3.8, 4) is 5.75 Å². The first-order valence-corrected chi connectivity index (χ1v) is 10.8. The van der Waals surface area contributed by atoms with Gasteiger partial charge in [0.1, 0.15) is 5.82 Å². The van der Waals surface area contributed by atoms with E-state index in [1.807, 2.05) is 6.92 Å². The van der Waals surface area contributed by atoms with E-state index in [-0.39, 0.29) is 21.5 Å². The van der Waals surface area contributed by atoms with Crippen LogP contribution in [0.4, 0.5) is 5.69 Å². The van der Waals surface area contributed by atoms with Crippen LogP contribution in [0.1, 0.15) is 18.3 Å². The van der Waals surface area contributed by atoms with Crippen LogP contribution in [0.2, 0.25) is 0 Å². The molecule has 0 bridgehead atoms. The lowest BCUT2D eigenvalue weighted by Crippen LogP contribution is -2.22. The summed E-state index contributed by atoms with van der Waals surface area (Å²) in [4.78, 5) is 39.6. The first-order valence-electron chi connectivity index (χ1n) is 9.18. The van der Waals surface area contributed by atoms with Crippen LogP contribution in [0.5, 0.6) is 5.75 Å². The summed E-state index contributed by atoms with van der Waals surface area (Å²) < 4.78 is 11.8. The molecule has 1 heterocycles. The van der Waals surface area contributed by atoms with E-state index in [0.717, 1.165) is 9.15 Å². The highest BCUT2D eigenvalue weighted by molar-refractivity contribution is 9.10. The molecule has 12 heteroatoms. The Kier molecular flexibility index (Phi) is 7.36. The molecule has 10 nitrogen and oxygen atoms in total. The summed E-state index contributed by atoms with van der Waals surface area (Å²) >= 11 is 6.56. The molecule has 0 saturated carbocycles. The van der Waals surface area contributed by atoms with Crippen molar-refractivity contribution in [1.29, 1.82) is 0 Å². The van der Waals surface area contributed by atoms with Crippen molar-refractivity contribution in [2.75, 3.05) is 13.7 Å². The number of halogens is 2. The fraction of sp³-hybridized carbons (Fsp3) is 0.200. The Bertz CT molecular complexity index is 1310. The van der Waals surface area contributed by atoms with Crippen LogP contribution in [0.3, 0.4) is 0 Å². The molecular formula is C20H16Br2N4O6. The molecule has 166 valence electrons. The molecule has 2 aromatic carbocycles. The lowest BCUT2D eigenvalue weighted by molar-refractivity contribution is -0.385. The Morgan fingerprint density at radius 1 is 1.31 bits per heavy atom. The van der Waals surface area contributed by atoms with Gasteiger partial charge in [-0.1, -0.05) is 22.9 Å². The minimum atomic E-state index is -0.682. The number of aryl methyl sites for hydroxylation is 1. The van der Waals surface area contributed by atoms with Crippen LogP contribution in [0.15, 0.2) is 49.2 Å². The van der Waals surface area contributed by atoms with E-state index in [1.54, 1.807) is 18.2 Å². The molecule has 1 aromatic heterocycles. The van der Waals surface area contributed by atoms with Gasteiger partial charge in [-0.25, -0.2) is 9.78 Å². The largest absolute Gasteiger partial charge is 0.474 e. The van der Waals surface area contributed by atoms with Crippen LogP contribution in [0.25, 0.3) is 10.9 Å². The smallest absolute Gasteiger partial charge is 0.343 e. The zero-order valence-corrected chi connectivity index (χ0v) is 20.0. The Morgan fingerprint density at radius 2 is 2.06 bits per heavy atom. The maximum absolute atomic E-state index is 13.0. The van der Waals surface area contributed by atoms with E-state index in [2.05, 4.69) is 46.7 Å². The molecule has 0 unspecified atom stereocenters. The number of carbonyl (C=O) groups is 1. The molecule has 0 aliphatic carbocycles. The molecule has 0 saturated heterocycles. The van der Waals surface area contributed by atoms with Crippen LogP contribution in [-0.4, -0.2) is 40.5 Å². The van der Waals surface area contributed by atoms with Crippen molar-refractivity contribution < 1.29 is 19.2 Å². The van der Waals surface area contributed by atoms with Crippen LogP contribution in [-0.2, 0) is 16.0 Å². The Balaban J connectivity index is 2.05. The first-order chi connectivity index (χ1) is 15.2. The van der Waals surface area contributed by atoms with Gasteiger partial charge in [0.25, 0.3) is 5.56 Å². The molecule has 0 aliphatic heterocycles. The number of carbonyl (C=O) groups excluding carboxylic acids is 1. The fourth-order valence-electron chi connectivity index (χ4n) is 2.81. The van der Waals surface area contributed by atoms with Crippen LogP contribution < -0.4 is 10.3 Å². The van der Waals surface area contributed by atoms with Crippen LogP contribution in [0, 0.1) is 10.1 Å². The maximum atomic E-state index is 13.0. The maximum Gasteiger partial charge on any atom is 0.343 e. The zero-order valence-electron chi connectivity index (χ0n) is 16.9. The van der Waals surface area contributed by atoms with E-state index < -0.39 is 17.5 Å². The van der Waals surface area contributed by atoms with Crippen molar-refractivity contribution in [2.45, 2.75) is 13.3 Å². The molecule has 0 aliphatic rings. The number of hydrogen-bond acceptors (Lipinski definition) is 8. The number of nitro benzene ring substituents is 1.